The number of aliphatic hydroxyl groups excluding tert-OH is 1. The molecule has 0 aliphatic rings. The Labute approximate surface area is 120 Å². The fourth-order valence-electron chi connectivity index (χ4n) is 1.14. The van der Waals surface area contributed by atoms with Gasteiger partial charge in [-0.15, -0.1) is 0 Å². The van der Waals surface area contributed by atoms with Crippen LogP contribution < -0.4 is 10.1 Å². The minimum Gasteiger partial charge on any atom is -0.484 e. The number of aliphatic hydroxyl groups is 1. The van der Waals surface area contributed by atoms with Crippen LogP contribution in [0, 0.1) is 6.92 Å². The van der Waals surface area contributed by atoms with Crippen LogP contribution >= 0.6 is 34.8 Å². The second kappa shape index (κ2) is 6.48. The first-order valence-corrected chi connectivity index (χ1v) is 6.16. The smallest absolute Gasteiger partial charge is 0.260 e. The molecule has 18 heavy (non-hydrogen) atoms. The first kappa shape index (κ1) is 15.4. The minimum atomic E-state index is -1.97. The van der Waals surface area contributed by atoms with Gasteiger partial charge in [-0.05, 0) is 18.6 Å². The van der Waals surface area contributed by atoms with Gasteiger partial charge in [-0.25, -0.2) is 0 Å². The molecular formula is C11H12Cl3NO3. The quantitative estimate of drug-likeness (QED) is 0.662. The number of hydrogen-bond acceptors (Lipinski definition) is 3. The zero-order chi connectivity index (χ0) is 13.8. The lowest BCUT2D eigenvalue weighted by atomic mass is 10.2. The summed E-state index contributed by atoms with van der Waals surface area (Å²) in [7, 11) is 0. The summed E-state index contributed by atoms with van der Waals surface area (Å²) in [4.78, 5) is 11.4. The van der Waals surface area contributed by atoms with Gasteiger partial charge in [0.1, 0.15) is 5.75 Å². The SMILES string of the molecule is Cc1ccccc1OCC(=O)N[C@H](O)C(Cl)(Cl)Cl. The van der Waals surface area contributed by atoms with Crippen molar-refractivity contribution in [1.29, 1.82) is 0 Å². The van der Waals surface area contributed by atoms with E-state index < -0.39 is 15.9 Å². The lowest BCUT2D eigenvalue weighted by Gasteiger charge is -2.20. The fraction of sp³-hybridized carbons (Fsp3) is 0.364. The normalized spacial score (nSPS) is 12.9. The molecule has 7 heteroatoms. The van der Waals surface area contributed by atoms with Crippen molar-refractivity contribution >= 4 is 40.7 Å². The molecule has 0 spiro atoms. The molecule has 0 unspecified atom stereocenters. The van der Waals surface area contributed by atoms with Crippen LogP contribution in [-0.4, -0.2) is 27.6 Å². The molecule has 4 nitrogen and oxygen atoms in total. The summed E-state index contributed by atoms with van der Waals surface area (Å²) in [5.41, 5.74) is 0.896. The van der Waals surface area contributed by atoms with Gasteiger partial charge in [0.15, 0.2) is 12.8 Å². The average Bonchev–Trinajstić information content (AvgIpc) is 2.26. The molecule has 1 aromatic rings. The van der Waals surface area contributed by atoms with Gasteiger partial charge in [0.25, 0.3) is 5.91 Å². The molecular weight excluding hydrogens is 300 g/mol. The van der Waals surface area contributed by atoms with Gasteiger partial charge in [0.2, 0.25) is 3.79 Å². The maximum absolute atomic E-state index is 11.4. The van der Waals surface area contributed by atoms with Gasteiger partial charge in [-0.3, -0.25) is 4.79 Å². The zero-order valence-electron chi connectivity index (χ0n) is 9.49. The van der Waals surface area contributed by atoms with Crippen molar-refractivity contribution in [3.63, 3.8) is 0 Å². The molecule has 0 saturated heterocycles. The van der Waals surface area contributed by atoms with Crippen molar-refractivity contribution in [2.75, 3.05) is 6.61 Å². The third-order valence-electron chi connectivity index (χ3n) is 2.06. The number of ether oxygens (including phenoxy) is 1. The maximum atomic E-state index is 11.4. The predicted molar refractivity (Wildman–Crippen MR) is 71.1 cm³/mol. The van der Waals surface area contributed by atoms with Gasteiger partial charge in [0, 0.05) is 0 Å². The van der Waals surface area contributed by atoms with Crippen LogP contribution in [0.1, 0.15) is 5.56 Å². The first-order valence-electron chi connectivity index (χ1n) is 5.03. The topological polar surface area (TPSA) is 58.6 Å². The van der Waals surface area contributed by atoms with Crippen LogP contribution in [0.25, 0.3) is 0 Å². The highest BCUT2D eigenvalue weighted by molar-refractivity contribution is 6.68. The van der Waals surface area contributed by atoms with E-state index >= 15 is 0 Å². The van der Waals surface area contributed by atoms with E-state index in [9.17, 15) is 9.90 Å². The predicted octanol–water partition coefficient (Wildman–Crippen LogP) is 2.18. The number of nitrogens with one attached hydrogen (secondary N) is 1. The van der Waals surface area contributed by atoms with Crippen LogP contribution in [0.5, 0.6) is 5.75 Å². The number of rotatable bonds is 4. The number of hydrogen-bond donors (Lipinski definition) is 2. The zero-order valence-corrected chi connectivity index (χ0v) is 11.8. The molecule has 0 fully saturated rings. The third kappa shape index (κ3) is 4.90. The Balaban J connectivity index is 2.45. The number of halogens is 3. The summed E-state index contributed by atoms with van der Waals surface area (Å²) in [6, 6.07) is 7.22. The first-order chi connectivity index (χ1) is 8.30. The Morgan fingerprint density at radius 1 is 1.44 bits per heavy atom. The highest BCUT2D eigenvalue weighted by Crippen LogP contribution is 2.28. The molecule has 1 rings (SSSR count). The van der Waals surface area contributed by atoms with E-state index in [2.05, 4.69) is 5.32 Å². The summed E-state index contributed by atoms with van der Waals surface area (Å²) in [6.07, 6.45) is -1.59. The Kier molecular flexibility index (Phi) is 5.53. The van der Waals surface area contributed by atoms with Crippen LogP contribution in [0.15, 0.2) is 24.3 Å². The average molecular weight is 313 g/mol. The Morgan fingerprint density at radius 3 is 2.61 bits per heavy atom. The second-order valence-electron chi connectivity index (χ2n) is 3.57. The van der Waals surface area contributed by atoms with Gasteiger partial charge < -0.3 is 15.2 Å². The largest absolute Gasteiger partial charge is 0.484 e. The van der Waals surface area contributed by atoms with Crippen molar-refractivity contribution in [3.8, 4) is 5.75 Å². The Morgan fingerprint density at radius 2 is 2.06 bits per heavy atom. The summed E-state index contributed by atoms with van der Waals surface area (Å²) in [6.45, 7) is 1.58. The highest BCUT2D eigenvalue weighted by Gasteiger charge is 2.32. The van der Waals surface area contributed by atoms with Crippen LogP contribution in [0.2, 0.25) is 0 Å². The summed E-state index contributed by atoms with van der Waals surface area (Å²) >= 11 is 16.2. The van der Waals surface area contributed by atoms with E-state index in [-0.39, 0.29) is 6.61 Å². The third-order valence-corrected chi connectivity index (χ3v) is 2.68. The van der Waals surface area contributed by atoms with E-state index in [0.717, 1.165) is 5.56 Å². The van der Waals surface area contributed by atoms with E-state index in [0.29, 0.717) is 5.75 Å². The van der Waals surface area contributed by atoms with E-state index in [1.165, 1.54) is 0 Å². The number of alkyl halides is 3. The van der Waals surface area contributed by atoms with Gasteiger partial charge >= 0.3 is 0 Å². The van der Waals surface area contributed by atoms with Crippen molar-refractivity contribution < 1.29 is 14.6 Å². The Hall–Kier alpha value is -0.680. The van der Waals surface area contributed by atoms with E-state index in [4.69, 9.17) is 39.5 Å². The van der Waals surface area contributed by atoms with Gasteiger partial charge in [-0.1, -0.05) is 53.0 Å². The molecule has 2 N–H and O–H groups in total. The minimum absolute atomic E-state index is 0.275. The standard InChI is InChI=1S/C11H12Cl3NO3/c1-7-4-2-3-5-8(7)18-6-9(16)15-10(17)11(12,13)14/h2-5,10,17H,6H2,1H3,(H,15,16)/t10-/m1/s1. The molecule has 1 aromatic carbocycles. The van der Waals surface area contributed by atoms with Crippen LogP contribution in [0.4, 0.5) is 0 Å². The molecule has 0 heterocycles. The summed E-state index contributed by atoms with van der Waals surface area (Å²) in [5.74, 6) is -0.00639. The van der Waals surface area contributed by atoms with Crippen molar-refractivity contribution in [2.24, 2.45) is 0 Å². The molecule has 1 amide bonds. The van der Waals surface area contributed by atoms with Crippen molar-refractivity contribution in [2.45, 2.75) is 16.9 Å². The Bertz CT molecular complexity index is 420. The lowest BCUT2D eigenvalue weighted by molar-refractivity contribution is -0.126. The fourth-order valence-corrected chi connectivity index (χ4v) is 1.30. The monoisotopic (exact) mass is 311 g/mol. The maximum Gasteiger partial charge on any atom is 0.260 e. The molecule has 0 aliphatic carbocycles. The highest BCUT2D eigenvalue weighted by atomic mass is 35.6. The van der Waals surface area contributed by atoms with E-state index in [1.807, 2.05) is 19.1 Å². The van der Waals surface area contributed by atoms with Crippen LogP contribution in [-0.2, 0) is 4.79 Å². The molecule has 0 bridgehead atoms. The number of aryl methyl sites for hydroxylation is 1. The van der Waals surface area contributed by atoms with Crippen molar-refractivity contribution in [1.82, 2.24) is 5.32 Å². The van der Waals surface area contributed by atoms with Crippen LogP contribution in [0.3, 0.4) is 0 Å². The molecule has 0 aliphatic heterocycles. The number of benzene rings is 1. The lowest BCUT2D eigenvalue weighted by Crippen LogP contribution is -2.45. The molecule has 0 saturated carbocycles. The number of para-hydroxylation sites is 1. The molecule has 0 radical (unpaired) electrons. The number of carbonyl (C=O) groups excluding carboxylic acids is 1. The number of carbonyl (C=O) groups is 1. The molecule has 1 atom stereocenters. The molecule has 100 valence electrons. The number of amides is 1. The molecule has 0 aromatic heterocycles. The summed E-state index contributed by atoms with van der Waals surface area (Å²) in [5, 5.41) is 11.4. The van der Waals surface area contributed by atoms with E-state index in [1.54, 1.807) is 12.1 Å². The van der Waals surface area contributed by atoms with Crippen molar-refractivity contribution in [3.05, 3.63) is 29.8 Å². The van der Waals surface area contributed by atoms with Gasteiger partial charge in [0.05, 0.1) is 0 Å². The second-order valence-corrected chi connectivity index (χ2v) is 5.93. The van der Waals surface area contributed by atoms with Gasteiger partial charge in [-0.2, -0.15) is 0 Å². The summed E-state index contributed by atoms with van der Waals surface area (Å²) < 4.78 is 3.29.